The van der Waals surface area contributed by atoms with E-state index in [1.165, 1.54) is 49.3 Å². The third-order valence-electron chi connectivity index (χ3n) is 3.57. The molecule has 0 bridgehead atoms. The number of alkyl halides is 3. The second kappa shape index (κ2) is 7.36. The quantitative estimate of drug-likeness (QED) is 0.858. The van der Waals surface area contributed by atoms with E-state index in [1.54, 1.807) is 6.07 Å². The van der Waals surface area contributed by atoms with E-state index < -0.39 is 32.4 Å². The van der Waals surface area contributed by atoms with Crippen molar-refractivity contribution < 1.29 is 26.4 Å². The SMILES string of the molecule is CN(C)C(=O)CNc1cccc(C(F)(F)F)c1S(=O)(=O)c1ccccc1. The summed E-state index contributed by atoms with van der Waals surface area (Å²) in [5.74, 6) is -0.412. The summed E-state index contributed by atoms with van der Waals surface area (Å²) in [6.45, 7) is -0.342. The summed E-state index contributed by atoms with van der Waals surface area (Å²) in [7, 11) is -1.49. The molecule has 0 saturated carbocycles. The monoisotopic (exact) mass is 386 g/mol. The zero-order chi connectivity index (χ0) is 19.5. The molecule has 9 heteroatoms. The number of carbonyl (C=O) groups excluding carboxylic acids is 1. The zero-order valence-electron chi connectivity index (χ0n) is 14.0. The van der Waals surface area contributed by atoms with Crippen molar-refractivity contribution in [2.45, 2.75) is 16.0 Å². The van der Waals surface area contributed by atoms with Crippen LogP contribution in [0.5, 0.6) is 0 Å². The second-order valence-electron chi connectivity index (χ2n) is 5.64. The average Bonchev–Trinajstić information content (AvgIpc) is 2.59. The first-order valence-electron chi connectivity index (χ1n) is 7.49. The molecule has 0 fully saturated rings. The number of nitrogens with one attached hydrogen (secondary N) is 1. The van der Waals surface area contributed by atoms with E-state index in [0.29, 0.717) is 6.07 Å². The molecule has 140 valence electrons. The lowest BCUT2D eigenvalue weighted by molar-refractivity contribution is -0.139. The summed E-state index contributed by atoms with van der Waals surface area (Å²) < 4.78 is 66.0. The predicted molar refractivity (Wildman–Crippen MR) is 90.5 cm³/mol. The number of hydrogen-bond acceptors (Lipinski definition) is 4. The molecule has 0 atom stereocenters. The number of amides is 1. The summed E-state index contributed by atoms with van der Waals surface area (Å²) in [6, 6.07) is 9.84. The minimum atomic E-state index is -4.87. The van der Waals surface area contributed by atoms with Gasteiger partial charge in [-0.1, -0.05) is 24.3 Å². The third kappa shape index (κ3) is 4.16. The molecule has 2 aromatic carbocycles. The van der Waals surface area contributed by atoms with E-state index in [9.17, 15) is 26.4 Å². The molecule has 0 unspecified atom stereocenters. The van der Waals surface area contributed by atoms with Gasteiger partial charge in [0.25, 0.3) is 0 Å². The molecule has 0 aliphatic rings. The van der Waals surface area contributed by atoms with Crippen LogP contribution in [0.2, 0.25) is 0 Å². The van der Waals surface area contributed by atoms with Crippen LogP contribution in [0.25, 0.3) is 0 Å². The van der Waals surface area contributed by atoms with E-state index in [1.807, 2.05) is 0 Å². The summed E-state index contributed by atoms with van der Waals surface area (Å²) in [6.07, 6.45) is -4.87. The highest BCUT2D eigenvalue weighted by Gasteiger charge is 2.39. The standard InChI is InChI=1S/C17H17F3N2O3S/c1-22(2)15(23)11-21-14-10-6-9-13(17(18,19)20)16(14)26(24,25)12-7-4-3-5-8-12/h3-10,21H,11H2,1-2H3. The van der Waals surface area contributed by atoms with Gasteiger partial charge in [0.1, 0.15) is 4.90 Å². The van der Waals surface area contributed by atoms with Gasteiger partial charge in [-0.2, -0.15) is 13.2 Å². The molecule has 1 N–H and O–H groups in total. The molecule has 2 aromatic rings. The van der Waals surface area contributed by atoms with Crippen LogP contribution < -0.4 is 5.32 Å². The van der Waals surface area contributed by atoms with Crippen LogP contribution in [-0.2, 0) is 20.8 Å². The van der Waals surface area contributed by atoms with Gasteiger partial charge in [0, 0.05) is 14.1 Å². The Morgan fingerprint density at radius 3 is 2.19 bits per heavy atom. The number of sulfone groups is 1. The molecule has 0 radical (unpaired) electrons. The largest absolute Gasteiger partial charge is 0.417 e. The number of rotatable bonds is 5. The fourth-order valence-electron chi connectivity index (χ4n) is 2.24. The van der Waals surface area contributed by atoms with E-state index >= 15 is 0 Å². The highest BCUT2D eigenvalue weighted by molar-refractivity contribution is 7.91. The Bertz CT molecular complexity index is 895. The maximum Gasteiger partial charge on any atom is 0.417 e. The first-order valence-corrected chi connectivity index (χ1v) is 8.98. The second-order valence-corrected chi connectivity index (χ2v) is 7.52. The number of halogens is 3. The third-order valence-corrected chi connectivity index (χ3v) is 5.44. The summed E-state index contributed by atoms with van der Waals surface area (Å²) in [4.78, 5) is 11.8. The van der Waals surface area contributed by atoms with Crippen LogP contribution >= 0.6 is 0 Å². The van der Waals surface area contributed by atoms with Crippen molar-refractivity contribution in [1.82, 2.24) is 4.90 Å². The number of hydrogen-bond donors (Lipinski definition) is 1. The smallest absolute Gasteiger partial charge is 0.375 e. The average molecular weight is 386 g/mol. The van der Waals surface area contributed by atoms with E-state index in [4.69, 9.17) is 0 Å². The first kappa shape index (κ1) is 19.8. The van der Waals surface area contributed by atoms with Crippen molar-refractivity contribution in [3.8, 4) is 0 Å². The normalized spacial score (nSPS) is 11.9. The van der Waals surface area contributed by atoms with Gasteiger partial charge in [-0.25, -0.2) is 8.42 Å². The van der Waals surface area contributed by atoms with Gasteiger partial charge in [0.05, 0.1) is 22.7 Å². The van der Waals surface area contributed by atoms with Gasteiger partial charge >= 0.3 is 6.18 Å². The number of anilines is 1. The van der Waals surface area contributed by atoms with Crippen LogP contribution in [0, 0.1) is 0 Å². The molecular formula is C17H17F3N2O3S. The number of nitrogens with zero attached hydrogens (tertiary/aromatic N) is 1. The van der Waals surface area contributed by atoms with Crippen molar-refractivity contribution in [1.29, 1.82) is 0 Å². The van der Waals surface area contributed by atoms with Crippen LogP contribution in [0.4, 0.5) is 18.9 Å². The Hall–Kier alpha value is -2.55. The number of likely N-dealkylation sites (N-methyl/N-ethyl adjacent to an activating group) is 1. The van der Waals surface area contributed by atoms with Crippen molar-refractivity contribution in [2.75, 3.05) is 26.0 Å². The Balaban J connectivity index is 2.63. The van der Waals surface area contributed by atoms with Crippen molar-refractivity contribution in [2.24, 2.45) is 0 Å². The minimum Gasteiger partial charge on any atom is -0.375 e. The first-order chi connectivity index (χ1) is 12.0. The molecule has 5 nitrogen and oxygen atoms in total. The molecule has 1 amide bonds. The molecule has 0 spiro atoms. The Morgan fingerprint density at radius 1 is 1.04 bits per heavy atom. The summed E-state index contributed by atoms with van der Waals surface area (Å²) in [5, 5.41) is 2.51. The van der Waals surface area contributed by atoms with E-state index in [0.717, 1.165) is 6.07 Å². The molecule has 0 heterocycles. The Labute approximate surface area is 149 Å². The molecule has 26 heavy (non-hydrogen) atoms. The van der Waals surface area contributed by atoms with E-state index in [-0.39, 0.29) is 17.1 Å². The van der Waals surface area contributed by atoms with Crippen LogP contribution in [-0.4, -0.2) is 39.9 Å². The summed E-state index contributed by atoms with van der Waals surface area (Å²) in [5.41, 5.74) is -1.57. The Kier molecular flexibility index (Phi) is 5.60. The lowest BCUT2D eigenvalue weighted by Gasteiger charge is -2.19. The lowest BCUT2D eigenvalue weighted by atomic mass is 10.2. The van der Waals surface area contributed by atoms with Gasteiger partial charge in [-0.3, -0.25) is 4.79 Å². The van der Waals surface area contributed by atoms with Crippen LogP contribution in [0.15, 0.2) is 58.3 Å². The van der Waals surface area contributed by atoms with Gasteiger partial charge in [0.2, 0.25) is 15.7 Å². The number of carbonyl (C=O) groups is 1. The molecule has 2 rings (SSSR count). The molecule has 0 saturated heterocycles. The Morgan fingerprint density at radius 2 is 1.65 bits per heavy atom. The molecular weight excluding hydrogens is 369 g/mol. The van der Waals surface area contributed by atoms with Crippen LogP contribution in [0.3, 0.4) is 0 Å². The molecule has 0 aliphatic heterocycles. The number of benzene rings is 2. The van der Waals surface area contributed by atoms with Crippen molar-refractivity contribution in [3.05, 3.63) is 54.1 Å². The van der Waals surface area contributed by atoms with Crippen molar-refractivity contribution >= 4 is 21.4 Å². The highest BCUT2D eigenvalue weighted by Crippen LogP contribution is 2.40. The van der Waals surface area contributed by atoms with Gasteiger partial charge in [-0.05, 0) is 24.3 Å². The predicted octanol–water partition coefficient (Wildman–Crippen LogP) is 3.04. The lowest BCUT2D eigenvalue weighted by Crippen LogP contribution is -2.29. The fourth-order valence-corrected chi connectivity index (χ4v) is 3.89. The zero-order valence-corrected chi connectivity index (χ0v) is 14.9. The molecule has 0 aromatic heterocycles. The van der Waals surface area contributed by atoms with Gasteiger partial charge < -0.3 is 10.2 Å². The summed E-state index contributed by atoms with van der Waals surface area (Å²) >= 11 is 0. The fraction of sp³-hybridized carbons (Fsp3) is 0.235. The van der Waals surface area contributed by atoms with Crippen LogP contribution in [0.1, 0.15) is 5.56 Å². The molecule has 0 aliphatic carbocycles. The maximum absolute atomic E-state index is 13.4. The van der Waals surface area contributed by atoms with Gasteiger partial charge in [-0.15, -0.1) is 0 Å². The van der Waals surface area contributed by atoms with Crippen molar-refractivity contribution in [3.63, 3.8) is 0 Å². The maximum atomic E-state index is 13.4. The van der Waals surface area contributed by atoms with Gasteiger partial charge in [0.15, 0.2) is 0 Å². The topological polar surface area (TPSA) is 66.5 Å². The highest BCUT2D eigenvalue weighted by atomic mass is 32.2. The minimum absolute atomic E-state index is 0.265. The van der Waals surface area contributed by atoms with E-state index in [2.05, 4.69) is 5.32 Å².